The zero-order valence-corrected chi connectivity index (χ0v) is 16.1. The van der Waals surface area contributed by atoms with Gasteiger partial charge in [-0.15, -0.1) is 0 Å². The summed E-state index contributed by atoms with van der Waals surface area (Å²) >= 11 is 7.28. The Hall–Kier alpha value is -1.75. The van der Waals surface area contributed by atoms with E-state index < -0.39 is 23.4 Å². The van der Waals surface area contributed by atoms with Crippen molar-refractivity contribution < 1.29 is 23.9 Å². The number of aliphatic carboxylic acids is 1. The van der Waals surface area contributed by atoms with Crippen molar-refractivity contribution in [2.24, 2.45) is 0 Å². The Balaban J connectivity index is 2.19. The summed E-state index contributed by atoms with van der Waals surface area (Å²) in [5, 5.41) is 15.9. The van der Waals surface area contributed by atoms with Gasteiger partial charge < -0.3 is 15.7 Å². The van der Waals surface area contributed by atoms with Crippen LogP contribution in [0, 0.1) is 5.82 Å². The molecule has 144 valence electrons. The number of nitrogens with one attached hydrogen (secondary N) is 2. The van der Waals surface area contributed by atoms with Gasteiger partial charge in [-0.1, -0.05) is 11.6 Å². The molecule has 0 aliphatic carbocycles. The smallest absolute Gasteiger partial charge is 0.338 e. The summed E-state index contributed by atoms with van der Waals surface area (Å²) in [6.07, 6.45) is 0.237. The van der Waals surface area contributed by atoms with E-state index in [1.54, 1.807) is 14.1 Å². The molecular weight excluding hydrogens is 387 g/mol. The van der Waals surface area contributed by atoms with Crippen LogP contribution < -0.4 is 15.7 Å². The maximum Gasteiger partial charge on any atom is 0.338 e. The highest BCUT2D eigenvalue weighted by Gasteiger charge is 2.43. The Morgan fingerprint density at radius 2 is 2.23 bits per heavy atom. The van der Waals surface area contributed by atoms with Crippen molar-refractivity contribution in [3.63, 3.8) is 0 Å². The molecule has 1 atom stereocenters. The summed E-state index contributed by atoms with van der Waals surface area (Å²) in [5.74, 6) is -1.30. The van der Waals surface area contributed by atoms with Crippen LogP contribution in [0.4, 0.5) is 20.6 Å². The molecule has 1 aromatic carbocycles. The summed E-state index contributed by atoms with van der Waals surface area (Å²) in [6, 6.07) is 1.85. The van der Waals surface area contributed by atoms with Gasteiger partial charge in [0.15, 0.2) is 5.60 Å². The van der Waals surface area contributed by atoms with Crippen LogP contribution in [0.25, 0.3) is 0 Å². The molecular formula is C15H20ClFN4O4S. The second-order valence-electron chi connectivity index (χ2n) is 5.82. The van der Waals surface area contributed by atoms with E-state index in [1.165, 1.54) is 34.3 Å². The van der Waals surface area contributed by atoms with Crippen LogP contribution in [0.5, 0.6) is 0 Å². The quantitative estimate of drug-likeness (QED) is 0.494. The van der Waals surface area contributed by atoms with E-state index in [9.17, 15) is 19.1 Å². The van der Waals surface area contributed by atoms with Crippen molar-refractivity contribution in [2.45, 2.75) is 18.9 Å². The van der Waals surface area contributed by atoms with E-state index in [0.717, 1.165) is 6.07 Å². The van der Waals surface area contributed by atoms with Gasteiger partial charge in [0, 0.05) is 20.0 Å². The molecule has 0 aromatic heterocycles. The molecule has 2 rings (SSSR count). The summed E-state index contributed by atoms with van der Waals surface area (Å²) < 4.78 is 15.5. The average Bonchev–Trinajstić information content (AvgIpc) is 2.98. The van der Waals surface area contributed by atoms with E-state index >= 15 is 0 Å². The Bertz CT molecular complexity index is 710. The van der Waals surface area contributed by atoms with Gasteiger partial charge >= 0.3 is 12.0 Å². The van der Waals surface area contributed by atoms with Crippen LogP contribution in [-0.2, 0) is 9.63 Å². The standard InChI is InChI=1S/C15H20ClFN4O4S/c1-15(13(22)23)4-5-21(25-15)12-7-11(10(17)6-9(12)16)19-14(24)20(3)26-8-18-2/h6-7,18H,4-5,8H2,1-3H3,(H,19,24)(H,22,23). The molecule has 1 unspecified atom stereocenters. The normalized spacial score (nSPS) is 19.5. The van der Waals surface area contributed by atoms with Crippen LogP contribution in [-0.4, -0.2) is 53.5 Å². The number of carbonyl (C=O) groups is 2. The maximum atomic E-state index is 14.2. The minimum atomic E-state index is -1.38. The number of anilines is 2. The number of carbonyl (C=O) groups excluding carboxylic acids is 1. The summed E-state index contributed by atoms with van der Waals surface area (Å²) in [4.78, 5) is 28.9. The Morgan fingerprint density at radius 3 is 2.81 bits per heavy atom. The molecule has 1 aliphatic heterocycles. The summed E-state index contributed by atoms with van der Waals surface area (Å²) in [5.41, 5.74) is -1.19. The van der Waals surface area contributed by atoms with E-state index in [0.29, 0.717) is 5.88 Å². The number of carboxylic acid groups (broad SMARTS) is 1. The molecule has 1 fully saturated rings. The van der Waals surface area contributed by atoms with Crippen molar-refractivity contribution in [3.05, 3.63) is 23.0 Å². The number of hydroxylamine groups is 1. The van der Waals surface area contributed by atoms with Crippen molar-refractivity contribution >= 4 is 46.9 Å². The Morgan fingerprint density at radius 1 is 1.54 bits per heavy atom. The fourth-order valence-electron chi connectivity index (χ4n) is 2.20. The molecule has 1 saturated heterocycles. The molecule has 0 bridgehead atoms. The van der Waals surface area contributed by atoms with Crippen LogP contribution in [0.1, 0.15) is 13.3 Å². The van der Waals surface area contributed by atoms with E-state index in [-0.39, 0.29) is 29.4 Å². The topological polar surface area (TPSA) is 94.1 Å². The lowest BCUT2D eigenvalue weighted by atomic mass is 10.0. The number of hydrogen-bond acceptors (Lipinski definition) is 6. The zero-order valence-electron chi connectivity index (χ0n) is 14.5. The predicted octanol–water partition coefficient (Wildman–Crippen LogP) is 2.75. The van der Waals surface area contributed by atoms with Crippen LogP contribution in [0.2, 0.25) is 5.02 Å². The number of rotatable bonds is 6. The van der Waals surface area contributed by atoms with Gasteiger partial charge in [-0.05, 0) is 38.1 Å². The highest BCUT2D eigenvalue weighted by Crippen LogP contribution is 2.37. The van der Waals surface area contributed by atoms with Crippen molar-refractivity contribution in [1.29, 1.82) is 0 Å². The van der Waals surface area contributed by atoms with E-state index in [1.807, 2.05) is 0 Å². The van der Waals surface area contributed by atoms with E-state index in [4.69, 9.17) is 16.4 Å². The second-order valence-corrected chi connectivity index (χ2v) is 7.32. The number of halogens is 2. The fraction of sp³-hybridized carbons (Fsp3) is 0.467. The van der Waals surface area contributed by atoms with E-state index in [2.05, 4.69) is 10.6 Å². The van der Waals surface area contributed by atoms with Crippen molar-refractivity contribution in [2.75, 3.05) is 36.9 Å². The molecule has 3 N–H and O–H groups in total. The second kappa shape index (κ2) is 8.30. The number of nitrogens with zero attached hydrogens (tertiary/aromatic N) is 2. The van der Waals surface area contributed by atoms with Gasteiger partial charge in [-0.2, -0.15) is 0 Å². The average molecular weight is 407 g/mol. The van der Waals surface area contributed by atoms with Crippen molar-refractivity contribution in [3.8, 4) is 0 Å². The molecule has 0 spiro atoms. The number of hydrogen-bond donors (Lipinski definition) is 3. The molecule has 0 saturated carbocycles. The number of carboxylic acids is 1. The predicted molar refractivity (Wildman–Crippen MR) is 98.8 cm³/mol. The van der Waals surface area contributed by atoms with Gasteiger partial charge in [-0.3, -0.25) is 14.2 Å². The fourth-order valence-corrected chi connectivity index (χ4v) is 2.93. The highest BCUT2D eigenvalue weighted by atomic mass is 35.5. The van der Waals surface area contributed by atoms with Crippen LogP contribution >= 0.6 is 23.5 Å². The number of benzene rings is 1. The molecule has 0 radical (unpaired) electrons. The minimum Gasteiger partial charge on any atom is -0.479 e. The lowest BCUT2D eigenvalue weighted by Crippen LogP contribution is -2.36. The molecule has 2 amide bonds. The monoisotopic (exact) mass is 406 g/mol. The number of amides is 2. The first kappa shape index (κ1) is 20.6. The van der Waals surface area contributed by atoms with Gasteiger partial charge in [0.1, 0.15) is 5.82 Å². The Kier molecular flexibility index (Phi) is 6.56. The lowest BCUT2D eigenvalue weighted by molar-refractivity contribution is -0.159. The molecule has 26 heavy (non-hydrogen) atoms. The molecule has 8 nitrogen and oxygen atoms in total. The third-order valence-corrected chi connectivity index (χ3v) is 5.06. The maximum absolute atomic E-state index is 14.2. The summed E-state index contributed by atoms with van der Waals surface area (Å²) in [7, 11) is 3.29. The van der Waals surface area contributed by atoms with Crippen LogP contribution in [0.3, 0.4) is 0 Å². The third kappa shape index (κ3) is 4.50. The van der Waals surface area contributed by atoms with Crippen molar-refractivity contribution in [1.82, 2.24) is 9.62 Å². The van der Waals surface area contributed by atoms with Gasteiger partial charge in [-0.25, -0.2) is 14.0 Å². The largest absolute Gasteiger partial charge is 0.479 e. The molecule has 1 aromatic rings. The minimum absolute atomic E-state index is 0.0491. The molecule has 1 heterocycles. The number of urea groups is 1. The zero-order chi connectivity index (χ0) is 19.5. The summed E-state index contributed by atoms with van der Waals surface area (Å²) in [6.45, 7) is 1.71. The first-order valence-electron chi connectivity index (χ1n) is 7.69. The third-order valence-electron chi connectivity index (χ3n) is 3.79. The van der Waals surface area contributed by atoms with Gasteiger partial charge in [0.05, 0.1) is 22.3 Å². The highest BCUT2D eigenvalue weighted by molar-refractivity contribution is 7.97. The molecule has 11 heteroatoms. The first-order chi connectivity index (χ1) is 12.2. The Labute approximate surface area is 159 Å². The van der Waals surface area contributed by atoms with Gasteiger partial charge in [0.25, 0.3) is 0 Å². The van der Waals surface area contributed by atoms with Crippen LogP contribution in [0.15, 0.2) is 12.1 Å². The lowest BCUT2D eigenvalue weighted by Gasteiger charge is -2.23. The SMILES string of the molecule is CNCSN(C)C(=O)Nc1cc(N2CCC(C)(C(=O)O)O2)c(Cl)cc1F. The molecule has 1 aliphatic rings. The van der Waals surface area contributed by atoms with Gasteiger partial charge in [0.2, 0.25) is 0 Å². The first-order valence-corrected chi connectivity index (χ1v) is 9.01.